The van der Waals surface area contributed by atoms with E-state index in [-0.39, 0.29) is 11.1 Å². The minimum atomic E-state index is -0.527. The maximum atomic E-state index is 11.9. The van der Waals surface area contributed by atoms with Crippen molar-refractivity contribution in [3.05, 3.63) is 34.2 Å². The molecule has 0 aliphatic carbocycles. The first-order valence-corrected chi connectivity index (χ1v) is 6.15. The molecule has 0 spiro atoms. The van der Waals surface area contributed by atoms with Crippen molar-refractivity contribution in [3.8, 4) is 0 Å². The van der Waals surface area contributed by atoms with Crippen molar-refractivity contribution >= 4 is 33.4 Å². The first-order chi connectivity index (χ1) is 8.60. The van der Waals surface area contributed by atoms with E-state index in [2.05, 4.69) is 0 Å². The number of esters is 2. The van der Waals surface area contributed by atoms with Gasteiger partial charge in [-0.05, 0) is 30.0 Å². The van der Waals surface area contributed by atoms with Crippen molar-refractivity contribution in [2.75, 3.05) is 14.2 Å². The predicted octanol–water partition coefficient (Wildman–Crippen LogP) is 2.78. The van der Waals surface area contributed by atoms with Crippen LogP contribution >= 0.6 is 11.3 Å². The van der Waals surface area contributed by atoms with E-state index >= 15 is 0 Å². The van der Waals surface area contributed by atoms with Crippen molar-refractivity contribution in [1.82, 2.24) is 0 Å². The molecular formula is C13H12O4S. The third kappa shape index (κ3) is 1.86. The Morgan fingerprint density at radius 3 is 2.33 bits per heavy atom. The highest BCUT2D eigenvalue weighted by Gasteiger charge is 2.24. The number of benzene rings is 1. The fraction of sp³-hybridized carbons (Fsp3) is 0.231. The summed E-state index contributed by atoms with van der Waals surface area (Å²) < 4.78 is 10.4. The van der Waals surface area contributed by atoms with Gasteiger partial charge in [0, 0.05) is 10.1 Å². The van der Waals surface area contributed by atoms with Crippen LogP contribution in [0.25, 0.3) is 10.1 Å². The van der Waals surface area contributed by atoms with Gasteiger partial charge in [0.05, 0.1) is 25.3 Å². The average molecular weight is 264 g/mol. The van der Waals surface area contributed by atoms with Gasteiger partial charge >= 0.3 is 11.9 Å². The number of fused-ring (bicyclic) bond motifs is 1. The molecule has 0 saturated heterocycles. The fourth-order valence-electron chi connectivity index (χ4n) is 1.92. The van der Waals surface area contributed by atoms with Gasteiger partial charge in [0.2, 0.25) is 0 Å². The number of aryl methyl sites for hydroxylation is 1. The number of hydrogen-bond acceptors (Lipinski definition) is 5. The number of methoxy groups -OCH3 is 2. The van der Waals surface area contributed by atoms with Gasteiger partial charge < -0.3 is 9.47 Å². The molecule has 1 aromatic heterocycles. The van der Waals surface area contributed by atoms with Crippen molar-refractivity contribution in [2.24, 2.45) is 0 Å². The summed E-state index contributed by atoms with van der Waals surface area (Å²) in [5.74, 6) is -1.05. The van der Waals surface area contributed by atoms with Crippen molar-refractivity contribution < 1.29 is 19.1 Å². The van der Waals surface area contributed by atoms with Gasteiger partial charge in [0.25, 0.3) is 0 Å². The molecule has 18 heavy (non-hydrogen) atoms. The summed E-state index contributed by atoms with van der Waals surface area (Å²) in [4.78, 5) is 23.7. The van der Waals surface area contributed by atoms with E-state index in [1.54, 1.807) is 13.0 Å². The summed E-state index contributed by atoms with van der Waals surface area (Å²) in [7, 11) is 2.59. The number of carbonyl (C=O) groups is 2. The molecule has 0 bridgehead atoms. The number of rotatable bonds is 2. The first-order valence-electron chi connectivity index (χ1n) is 5.27. The highest BCUT2D eigenvalue weighted by molar-refractivity contribution is 7.17. The third-order valence-electron chi connectivity index (χ3n) is 2.74. The largest absolute Gasteiger partial charge is 0.465 e. The van der Waals surface area contributed by atoms with Crippen molar-refractivity contribution in [3.63, 3.8) is 0 Å². The molecule has 2 aromatic rings. The lowest BCUT2D eigenvalue weighted by molar-refractivity contribution is 0.0556. The molecule has 0 fully saturated rings. The second-order valence-corrected chi connectivity index (χ2v) is 4.71. The Balaban J connectivity index is 2.85. The van der Waals surface area contributed by atoms with Crippen LogP contribution in [0.15, 0.2) is 17.5 Å². The number of carbonyl (C=O) groups excluding carboxylic acids is 2. The maximum absolute atomic E-state index is 11.9. The van der Waals surface area contributed by atoms with Gasteiger partial charge in [-0.2, -0.15) is 0 Å². The lowest BCUT2D eigenvalue weighted by atomic mass is 9.98. The Kier molecular flexibility index (Phi) is 3.34. The fourth-order valence-corrected chi connectivity index (χ4v) is 2.81. The number of thiophene rings is 1. The minimum Gasteiger partial charge on any atom is -0.465 e. The molecule has 1 aromatic carbocycles. The van der Waals surface area contributed by atoms with Gasteiger partial charge in [0.15, 0.2) is 0 Å². The van der Waals surface area contributed by atoms with Gasteiger partial charge in [-0.3, -0.25) is 0 Å². The zero-order valence-corrected chi connectivity index (χ0v) is 11.1. The standard InChI is InChI=1S/C13H12O4S/c1-7-6-9-8(4-5-18-9)11(13(15)17-3)10(7)12(14)16-2/h4-6H,1-3H3. The molecule has 0 aliphatic heterocycles. The van der Waals surface area contributed by atoms with Crippen LogP contribution in [0.4, 0.5) is 0 Å². The van der Waals surface area contributed by atoms with E-state index in [0.29, 0.717) is 5.56 Å². The van der Waals surface area contributed by atoms with Crippen LogP contribution in [0, 0.1) is 6.92 Å². The van der Waals surface area contributed by atoms with Gasteiger partial charge in [-0.15, -0.1) is 11.3 Å². The topological polar surface area (TPSA) is 52.6 Å². The molecule has 0 N–H and O–H groups in total. The number of ether oxygens (including phenoxy) is 2. The molecule has 5 heteroatoms. The van der Waals surface area contributed by atoms with Crippen LogP contribution in [0.1, 0.15) is 26.3 Å². The molecular weight excluding hydrogens is 252 g/mol. The molecule has 4 nitrogen and oxygen atoms in total. The summed E-state index contributed by atoms with van der Waals surface area (Å²) >= 11 is 1.51. The molecule has 0 saturated carbocycles. The molecule has 94 valence electrons. The van der Waals surface area contributed by atoms with Crippen molar-refractivity contribution in [1.29, 1.82) is 0 Å². The quantitative estimate of drug-likeness (QED) is 0.783. The Labute approximate surface area is 108 Å². The monoisotopic (exact) mass is 264 g/mol. The van der Waals surface area contributed by atoms with Gasteiger partial charge in [-0.25, -0.2) is 9.59 Å². The zero-order chi connectivity index (χ0) is 13.3. The Morgan fingerprint density at radius 1 is 1.11 bits per heavy atom. The van der Waals surface area contributed by atoms with Crippen LogP contribution < -0.4 is 0 Å². The van der Waals surface area contributed by atoms with Crippen LogP contribution in [-0.2, 0) is 9.47 Å². The molecule has 1 heterocycles. The minimum absolute atomic E-state index is 0.273. The second kappa shape index (κ2) is 4.78. The first kappa shape index (κ1) is 12.6. The molecule has 0 unspecified atom stereocenters. The van der Waals surface area contributed by atoms with E-state index in [1.165, 1.54) is 25.6 Å². The molecule has 0 aliphatic rings. The lowest BCUT2D eigenvalue weighted by Gasteiger charge is -2.10. The molecule has 2 rings (SSSR count). The Hall–Kier alpha value is -1.88. The average Bonchev–Trinajstić information content (AvgIpc) is 2.82. The predicted molar refractivity (Wildman–Crippen MR) is 69.2 cm³/mol. The van der Waals surface area contributed by atoms with E-state index in [9.17, 15) is 9.59 Å². The summed E-state index contributed by atoms with van der Waals surface area (Å²) in [6, 6.07) is 3.68. The summed E-state index contributed by atoms with van der Waals surface area (Å²) in [6.07, 6.45) is 0. The number of hydrogen-bond donors (Lipinski definition) is 0. The molecule has 0 amide bonds. The normalized spacial score (nSPS) is 10.4. The summed E-state index contributed by atoms with van der Waals surface area (Å²) in [5.41, 5.74) is 1.26. The third-order valence-corrected chi connectivity index (χ3v) is 3.60. The molecule has 0 radical (unpaired) electrons. The van der Waals surface area contributed by atoms with Gasteiger partial charge in [0.1, 0.15) is 0 Å². The Bertz CT molecular complexity index is 627. The van der Waals surface area contributed by atoms with Crippen LogP contribution in [-0.4, -0.2) is 26.2 Å². The maximum Gasteiger partial charge on any atom is 0.339 e. The Morgan fingerprint density at radius 2 is 1.72 bits per heavy atom. The van der Waals surface area contributed by atoms with Crippen molar-refractivity contribution in [2.45, 2.75) is 6.92 Å². The summed E-state index contributed by atoms with van der Waals surface area (Å²) in [6.45, 7) is 1.78. The molecule has 0 atom stereocenters. The highest BCUT2D eigenvalue weighted by atomic mass is 32.1. The SMILES string of the molecule is COC(=O)c1c(C)cc2sccc2c1C(=O)OC. The smallest absolute Gasteiger partial charge is 0.339 e. The second-order valence-electron chi connectivity index (χ2n) is 3.76. The van der Waals surface area contributed by atoms with E-state index in [1.807, 2.05) is 11.4 Å². The summed E-state index contributed by atoms with van der Waals surface area (Å²) in [5, 5.41) is 2.59. The van der Waals surface area contributed by atoms with Crippen LogP contribution in [0.5, 0.6) is 0 Å². The van der Waals surface area contributed by atoms with E-state index < -0.39 is 11.9 Å². The van der Waals surface area contributed by atoms with E-state index in [4.69, 9.17) is 9.47 Å². The van der Waals surface area contributed by atoms with Crippen LogP contribution in [0.2, 0.25) is 0 Å². The van der Waals surface area contributed by atoms with Gasteiger partial charge in [-0.1, -0.05) is 0 Å². The van der Waals surface area contributed by atoms with E-state index in [0.717, 1.165) is 10.1 Å². The van der Waals surface area contributed by atoms with Crippen LogP contribution in [0.3, 0.4) is 0 Å². The lowest BCUT2D eigenvalue weighted by Crippen LogP contribution is -2.13. The highest BCUT2D eigenvalue weighted by Crippen LogP contribution is 2.30. The zero-order valence-electron chi connectivity index (χ0n) is 10.3.